The minimum Gasteiger partial charge on any atom is -0.497 e. The highest BCUT2D eigenvalue weighted by Gasteiger charge is 2.14. The van der Waals surface area contributed by atoms with E-state index in [0.717, 1.165) is 11.3 Å². The van der Waals surface area contributed by atoms with Gasteiger partial charge in [0.25, 0.3) is 0 Å². The second kappa shape index (κ2) is 8.86. The number of nitrogens with zero attached hydrogens (tertiary/aromatic N) is 1. The van der Waals surface area contributed by atoms with Crippen LogP contribution in [0, 0.1) is 0 Å². The average Bonchev–Trinajstić information content (AvgIpc) is 2.73. The van der Waals surface area contributed by atoms with Crippen LogP contribution in [0.3, 0.4) is 0 Å². The van der Waals surface area contributed by atoms with Gasteiger partial charge in [0.1, 0.15) is 12.3 Å². The van der Waals surface area contributed by atoms with Gasteiger partial charge in [0.15, 0.2) is 5.78 Å². The van der Waals surface area contributed by atoms with Crippen LogP contribution < -0.4 is 9.64 Å². The minimum atomic E-state index is -0.924. The molecule has 3 rings (SSSR count). The van der Waals surface area contributed by atoms with E-state index in [1.54, 1.807) is 42.3 Å². The number of benzene rings is 3. The molecule has 0 radical (unpaired) electrons. The van der Waals surface area contributed by atoms with E-state index in [1.807, 2.05) is 48.5 Å². The maximum Gasteiger partial charge on any atom is 0.323 e. The predicted molar refractivity (Wildman–Crippen MR) is 108 cm³/mol. The van der Waals surface area contributed by atoms with E-state index in [2.05, 4.69) is 0 Å². The first kappa shape index (κ1) is 19.2. The first-order valence-electron chi connectivity index (χ1n) is 8.86. The van der Waals surface area contributed by atoms with Crippen LogP contribution in [0.15, 0.2) is 78.9 Å². The van der Waals surface area contributed by atoms with Crippen LogP contribution in [-0.2, 0) is 11.3 Å². The fraction of sp³-hybridized carbons (Fsp3) is 0.130. The molecule has 0 aromatic heterocycles. The monoisotopic (exact) mass is 375 g/mol. The third kappa shape index (κ3) is 4.76. The molecule has 5 heteroatoms. The van der Waals surface area contributed by atoms with Crippen molar-refractivity contribution in [2.45, 2.75) is 6.54 Å². The molecule has 0 saturated heterocycles. The lowest BCUT2D eigenvalue weighted by molar-refractivity contribution is -0.135. The number of carboxylic acids is 1. The minimum absolute atomic E-state index is 0.0586. The Kier molecular flexibility index (Phi) is 6.07. The van der Waals surface area contributed by atoms with Crippen molar-refractivity contribution in [3.05, 3.63) is 95.6 Å². The van der Waals surface area contributed by atoms with Crippen LogP contribution in [0.25, 0.3) is 0 Å². The Bertz CT molecular complexity index is 952. The number of aliphatic carboxylic acids is 1. The molecule has 3 aromatic carbocycles. The van der Waals surface area contributed by atoms with Crippen molar-refractivity contribution in [3.8, 4) is 5.75 Å². The van der Waals surface area contributed by atoms with Crippen molar-refractivity contribution < 1.29 is 19.4 Å². The number of ketones is 1. The summed E-state index contributed by atoms with van der Waals surface area (Å²) in [7, 11) is 1.58. The topological polar surface area (TPSA) is 66.8 Å². The molecule has 0 fully saturated rings. The van der Waals surface area contributed by atoms with Crippen molar-refractivity contribution in [2.75, 3.05) is 18.6 Å². The molecule has 3 aromatic rings. The number of carbonyl (C=O) groups is 2. The molecule has 142 valence electrons. The van der Waals surface area contributed by atoms with Crippen molar-refractivity contribution in [1.82, 2.24) is 0 Å². The number of carbonyl (C=O) groups excluding carboxylic acids is 1. The van der Waals surface area contributed by atoms with E-state index in [9.17, 15) is 14.7 Å². The van der Waals surface area contributed by atoms with Gasteiger partial charge in [0, 0.05) is 23.4 Å². The molecular weight excluding hydrogens is 354 g/mol. The van der Waals surface area contributed by atoms with Gasteiger partial charge in [-0.2, -0.15) is 0 Å². The molecule has 1 N–H and O–H groups in total. The number of rotatable bonds is 8. The second-order valence-corrected chi connectivity index (χ2v) is 6.34. The Balaban J connectivity index is 1.84. The standard InChI is InChI=1S/C23H21NO4/c1-28-21-12-10-20(11-13-21)24(16-22(25)26)15-17-6-5-9-19(14-17)23(27)18-7-3-2-4-8-18/h2-14H,15-16H2,1H3,(H,25,26). The third-order valence-corrected chi connectivity index (χ3v) is 4.36. The molecule has 0 amide bonds. The van der Waals surface area contributed by atoms with Crippen molar-refractivity contribution in [2.24, 2.45) is 0 Å². The zero-order valence-electron chi connectivity index (χ0n) is 15.5. The molecule has 28 heavy (non-hydrogen) atoms. The van der Waals surface area contributed by atoms with E-state index in [0.29, 0.717) is 23.4 Å². The number of hydrogen-bond donors (Lipinski definition) is 1. The smallest absolute Gasteiger partial charge is 0.323 e. The van der Waals surface area contributed by atoms with Gasteiger partial charge in [0.2, 0.25) is 0 Å². The van der Waals surface area contributed by atoms with Crippen LogP contribution in [0.1, 0.15) is 21.5 Å². The zero-order chi connectivity index (χ0) is 19.9. The van der Waals surface area contributed by atoms with Gasteiger partial charge in [0.05, 0.1) is 7.11 Å². The van der Waals surface area contributed by atoms with Gasteiger partial charge in [-0.1, -0.05) is 48.5 Å². The van der Waals surface area contributed by atoms with Gasteiger partial charge >= 0.3 is 5.97 Å². The number of carboxylic acid groups (broad SMARTS) is 1. The van der Waals surface area contributed by atoms with Crippen LogP contribution in [0.4, 0.5) is 5.69 Å². The molecule has 5 nitrogen and oxygen atoms in total. The van der Waals surface area contributed by atoms with Crippen LogP contribution >= 0.6 is 0 Å². The molecule has 0 saturated carbocycles. The van der Waals surface area contributed by atoms with Crippen molar-refractivity contribution in [3.63, 3.8) is 0 Å². The Morgan fingerprint density at radius 1 is 0.893 bits per heavy atom. The molecular formula is C23H21NO4. The van der Waals surface area contributed by atoms with Gasteiger partial charge < -0.3 is 14.7 Å². The summed E-state index contributed by atoms with van der Waals surface area (Å²) < 4.78 is 5.16. The molecule has 0 atom stereocenters. The highest BCUT2D eigenvalue weighted by Crippen LogP contribution is 2.22. The summed E-state index contributed by atoms with van der Waals surface area (Å²) in [5.41, 5.74) is 2.83. The Morgan fingerprint density at radius 2 is 1.57 bits per heavy atom. The normalized spacial score (nSPS) is 10.3. The molecule has 0 unspecified atom stereocenters. The lowest BCUT2D eigenvalue weighted by Crippen LogP contribution is -2.29. The highest BCUT2D eigenvalue weighted by atomic mass is 16.5. The van der Waals surface area contributed by atoms with Crippen molar-refractivity contribution >= 4 is 17.4 Å². The largest absolute Gasteiger partial charge is 0.497 e. The number of hydrogen-bond acceptors (Lipinski definition) is 4. The van der Waals surface area contributed by atoms with Crippen LogP contribution in [0.5, 0.6) is 5.75 Å². The quantitative estimate of drug-likeness (QED) is 0.603. The van der Waals surface area contributed by atoms with Crippen LogP contribution in [-0.4, -0.2) is 30.5 Å². The van der Waals surface area contributed by atoms with Crippen LogP contribution in [0.2, 0.25) is 0 Å². The number of methoxy groups -OCH3 is 1. The summed E-state index contributed by atoms with van der Waals surface area (Å²) in [5, 5.41) is 9.30. The second-order valence-electron chi connectivity index (χ2n) is 6.34. The fourth-order valence-corrected chi connectivity index (χ4v) is 2.98. The summed E-state index contributed by atoms with van der Waals surface area (Å²) in [6.45, 7) is 0.220. The first-order chi connectivity index (χ1) is 13.6. The predicted octanol–water partition coefficient (Wildman–Crippen LogP) is 4.02. The molecule has 0 aliphatic rings. The van der Waals surface area contributed by atoms with E-state index in [1.165, 1.54) is 0 Å². The fourth-order valence-electron chi connectivity index (χ4n) is 2.98. The SMILES string of the molecule is COc1ccc(N(CC(=O)O)Cc2cccc(C(=O)c3ccccc3)c2)cc1. The summed E-state index contributed by atoms with van der Waals surface area (Å²) >= 11 is 0. The Labute approximate surface area is 163 Å². The highest BCUT2D eigenvalue weighted by molar-refractivity contribution is 6.09. The summed E-state index contributed by atoms with van der Waals surface area (Å²) in [4.78, 5) is 25.8. The van der Waals surface area contributed by atoms with Gasteiger partial charge in [-0.25, -0.2) is 0 Å². The van der Waals surface area contributed by atoms with E-state index in [4.69, 9.17) is 4.74 Å². The lowest BCUT2D eigenvalue weighted by atomic mass is 10.0. The molecule has 0 spiro atoms. The maximum absolute atomic E-state index is 12.7. The zero-order valence-corrected chi connectivity index (χ0v) is 15.5. The average molecular weight is 375 g/mol. The van der Waals surface area contributed by atoms with E-state index >= 15 is 0 Å². The summed E-state index contributed by atoms with van der Waals surface area (Å²) in [6, 6.07) is 23.6. The molecule has 0 aliphatic heterocycles. The van der Waals surface area contributed by atoms with Gasteiger partial charge in [-0.3, -0.25) is 9.59 Å². The molecule has 0 aliphatic carbocycles. The Morgan fingerprint density at radius 3 is 2.21 bits per heavy atom. The van der Waals surface area contributed by atoms with Crippen molar-refractivity contribution in [1.29, 1.82) is 0 Å². The summed E-state index contributed by atoms with van der Waals surface area (Å²) in [5.74, 6) is -0.279. The first-order valence-corrected chi connectivity index (χ1v) is 8.86. The maximum atomic E-state index is 12.7. The summed E-state index contributed by atoms with van der Waals surface area (Å²) in [6.07, 6.45) is 0. The molecule has 0 heterocycles. The molecule has 0 bridgehead atoms. The van der Waals surface area contributed by atoms with E-state index in [-0.39, 0.29) is 12.3 Å². The Hall–Kier alpha value is -3.60. The van der Waals surface area contributed by atoms with E-state index < -0.39 is 5.97 Å². The van der Waals surface area contributed by atoms with Gasteiger partial charge in [-0.05, 0) is 35.9 Å². The number of anilines is 1. The lowest BCUT2D eigenvalue weighted by Gasteiger charge is -2.23. The number of ether oxygens (including phenoxy) is 1. The third-order valence-electron chi connectivity index (χ3n) is 4.36. The van der Waals surface area contributed by atoms with Gasteiger partial charge in [-0.15, -0.1) is 0 Å².